The number of rotatable bonds is 2. The normalized spacial score (nSPS) is 17.0. The van der Waals surface area contributed by atoms with E-state index in [4.69, 9.17) is 0 Å². The smallest absolute Gasteiger partial charge is 0.264 e. The molecule has 2 aliphatic heterocycles. The van der Waals surface area contributed by atoms with Crippen LogP contribution in [0.2, 0.25) is 0 Å². The molecule has 0 amide bonds. The third kappa shape index (κ3) is 6.02. The van der Waals surface area contributed by atoms with Crippen LogP contribution in [0.25, 0.3) is 10.1 Å². The molecule has 0 radical (unpaired) electrons. The van der Waals surface area contributed by atoms with Crippen LogP contribution in [0.3, 0.4) is 0 Å². The summed E-state index contributed by atoms with van der Waals surface area (Å²) in [6.07, 6.45) is 2.41. The Bertz CT molecular complexity index is 2580. The second-order valence-electron chi connectivity index (χ2n) is 21.9. The van der Waals surface area contributed by atoms with Crippen molar-refractivity contribution in [3.8, 4) is 0 Å². The monoisotopic (exact) mass is 768 g/mol. The van der Waals surface area contributed by atoms with E-state index in [2.05, 4.69) is 198 Å². The van der Waals surface area contributed by atoms with Gasteiger partial charge in [0.2, 0.25) is 0 Å². The Morgan fingerprint density at radius 2 is 1.02 bits per heavy atom. The summed E-state index contributed by atoms with van der Waals surface area (Å²) in [6.45, 7) is 33.2. The summed E-state index contributed by atoms with van der Waals surface area (Å²) in [5.74, 6) is 0. The fourth-order valence-corrected chi connectivity index (χ4v) is 11.3. The van der Waals surface area contributed by atoms with Crippen LogP contribution in [-0.4, -0.2) is 6.71 Å². The van der Waals surface area contributed by atoms with E-state index in [1.807, 2.05) is 11.3 Å². The molecule has 0 spiro atoms. The number of aryl methyl sites for hydroxylation is 1. The van der Waals surface area contributed by atoms with Crippen molar-refractivity contribution in [3.63, 3.8) is 0 Å². The van der Waals surface area contributed by atoms with Gasteiger partial charge in [0.05, 0.1) is 5.69 Å². The molecule has 0 N–H and O–H groups in total. The lowest BCUT2D eigenvalue weighted by Gasteiger charge is -2.44. The minimum Gasteiger partial charge on any atom is -0.311 e. The van der Waals surface area contributed by atoms with Crippen LogP contribution in [-0.2, 0) is 27.1 Å². The lowest BCUT2D eigenvalue weighted by Crippen LogP contribution is -2.60. The first-order valence-corrected chi connectivity index (χ1v) is 22.1. The molecule has 57 heavy (non-hydrogen) atoms. The summed E-state index contributed by atoms with van der Waals surface area (Å²) in [5.41, 5.74) is 19.3. The van der Waals surface area contributed by atoms with Gasteiger partial charge in [0, 0.05) is 43.3 Å². The first kappa shape index (κ1) is 38.3. The highest BCUT2D eigenvalue weighted by Crippen LogP contribution is 2.52. The molecule has 3 aliphatic rings. The van der Waals surface area contributed by atoms with Crippen molar-refractivity contribution in [3.05, 3.63) is 124 Å². The van der Waals surface area contributed by atoms with Gasteiger partial charge in [-0.1, -0.05) is 126 Å². The van der Waals surface area contributed by atoms with Crippen LogP contribution in [0, 0.1) is 6.92 Å². The molecule has 0 saturated carbocycles. The van der Waals surface area contributed by atoms with Gasteiger partial charge in [0.25, 0.3) is 6.71 Å². The highest BCUT2D eigenvalue weighted by atomic mass is 32.1. The molecule has 0 atom stereocenters. The fourth-order valence-electron chi connectivity index (χ4n) is 9.92. The predicted octanol–water partition coefficient (Wildman–Crippen LogP) is 13.5. The fraction of sp³-hybridized carbons (Fsp3) is 0.396. The maximum atomic E-state index is 2.65. The largest absolute Gasteiger partial charge is 0.311 e. The predicted molar refractivity (Wildman–Crippen MR) is 252 cm³/mol. The number of hydrogen-bond acceptors (Lipinski definition) is 3. The molecule has 6 aromatic rings. The highest BCUT2D eigenvalue weighted by Gasteiger charge is 2.47. The quantitative estimate of drug-likeness (QED) is 0.162. The average Bonchev–Trinajstić information content (AvgIpc) is 3.50. The maximum absolute atomic E-state index is 2.65. The molecule has 5 aromatic carbocycles. The Balaban J connectivity index is 1.39. The molecule has 0 saturated heterocycles. The minimum atomic E-state index is 0.0132. The second kappa shape index (κ2) is 12.4. The van der Waals surface area contributed by atoms with Gasteiger partial charge in [0.1, 0.15) is 0 Å². The minimum absolute atomic E-state index is 0.0132. The molecule has 0 fully saturated rings. The Morgan fingerprint density at radius 3 is 1.54 bits per heavy atom. The van der Waals surface area contributed by atoms with Crippen molar-refractivity contribution < 1.29 is 0 Å². The number of thiophene rings is 1. The van der Waals surface area contributed by atoms with Crippen LogP contribution in [0.15, 0.2) is 91.0 Å². The van der Waals surface area contributed by atoms with E-state index in [9.17, 15) is 0 Å². The van der Waals surface area contributed by atoms with Crippen molar-refractivity contribution in [2.45, 2.75) is 137 Å². The van der Waals surface area contributed by atoms with E-state index in [0.717, 1.165) is 0 Å². The van der Waals surface area contributed by atoms with E-state index in [1.54, 1.807) is 0 Å². The number of anilines is 6. The Morgan fingerprint density at radius 1 is 0.544 bits per heavy atom. The van der Waals surface area contributed by atoms with Gasteiger partial charge < -0.3 is 9.80 Å². The number of nitrogens with zero attached hydrogens (tertiary/aromatic N) is 2. The Kier molecular flexibility index (Phi) is 8.30. The number of hydrogen-bond donors (Lipinski definition) is 0. The van der Waals surface area contributed by atoms with E-state index >= 15 is 0 Å². The van der Waals surface area contributed by atoms with Gasteiger partial charge in [-0.15, -0.1) is 11.3 Å². The standard InChI is InChI=1S/C53H61BN2S/c1-32-27-43-46-44(28-32)56(37-22-17-34(18-23-37)50(5,6)7)47-38-30-39-40(53(13,14)26-25-52(39,11)12)31-45(38)57-48(47)54(46)41-29-35(51(8,9)10)19-24-42(41)55(43)36-20-15-33(16-21-36)49(2,3)4/h15-24,27-31H,25-26H2,1-14H3. The summed E-state index contributed by atoms with van der Waals surface area (Å²) in [7, 11) is 0. The first-order valence-electron chi connectivity index (χ1n) is 21.3. The van der Waals surface area contributed by atoms with Crippen LogP contribution in [0.4, 0.5) is 34.1 Å². The van der Waals surface area contributed by atoms with Gasteiger partial charge in [0.15, 0.2) is 0 Å². The zero-order valence-corrected chi connectivity index (χ0v) is 37.8. The molecule has 2 nitrogen and oxygen atoms in total. The molecule has 3 heterocycles. The molecule has 0 bridgehead atoms. The summed E-state index contributed by atoms with van der Waals surface area (Å²) in [6, 6.07) is 36.4. The zero-order valence-electron chi connectivity index (χ0n) is 37.0. The highest BCUT2D eigenvalue weighted by molar-refractivity contribution is 7.33. The lowest BCUT2D eigenvalue weighted by molar-refractivity contribution is 0.332. The van der Waals surface area contributed by atoms with Gasteiger partial charge in [-0.25, -0.2) is 0 Å². The Labute approximate surface area is 347 Å². The van der Waals surface area contributed by atoms with Crippen molar-refractivity contribution >= 4 is 78.0 Å². The molecule has 292 valence electrons. The van der Waals surface area contributed by atoms with E-state index < -0.39 is 0 Å². The molecule has 1 aromatic heterocycles. The van der Waals surface area contributed by atoms with Crippen LogP contribution < -0.4 is 25.5 Å². The summed E-state index contributed by atoms with van der Waals surface area (Å²) >= 11 is 2.04. The van der Waals surface area contributed by atoms with Crippen molar-refractivity contribution in [2.75, 3.05) is 9.80 Å². The molecular weight excluding hydrogens is 707 g/mol. The lowest BCUT2D eigenvalue weighted by atomic mass is 9.36. The topological polar surface area (TPSA) is 6.48 Å². The van der Waals surface area contributed by atoms with E-state index in [-0.39, 0.29) is 33.8 Å². The second-order valence-corrected chi connectivity index (χ2v) is 23.0. The van der Waals surface area contributed by atoms with Crippen LogP contribution in [0.5, 0.6) is 0 Å². The first-order chi connectivity index (χ1) is 26.5. The van der Waals surface area contributed by atoms with Crippen LogP contribution in [0.1, 0.15) is 136 Å². The van der Waals surface area contributed by atoms with E-state index in [0.29, 0.717) is 0 Å². The molecule has 9 rings (SSSR count). The van der Waals surface area contributed by atoms with E-state index in [1.165, 1.54) is 106 Å². The summed E-state index contributed by atoms with van der Waals surface area (Å²) < 4.78 is 2.86. The molecule has 1 aliphatic carbocycles. The third-order valence-electron chi connectivity index (χ3n) is 13.6. The van der Waals surface area contributed by atoms with Gasteiger partial charge in [-0.05, 0) is 146 Å². The van der Waals surface area contributed by atoms with Crippen molar-refractivity contribution in [1.29, 1.82) is 0 Å². The molecule has 0 unspecified atom stereocenters. The number of benzene rings is 5. The SMILES string of the molecule is Cc1cc2c3c(c1)N(c1ccc(C(C)(C)C)cc1)c1c(sc4cc5c(cc14)C(C)(C)CCC5(C)C)B3c1cc(C(C)(C)C)ccc1N2c1ccc(C(C)(C)C)cc1. The Hall–Kier alpha value is -4.28. The average molecular weight is 769 g/mol. The molecular formula is C53H61BN2S. The summed E-state index contributed by atoms with van der Waals surface area (Å²) in [4.78, 5) is 5.22. The van der Waals surface area contributed by atoms with Gasteiger partial charge >= 0.3 is 0 Å². The third-order valence-corrected chi connectivity index (χ3v) is 14.8. The zero-order chi connectivity index (χ0) is 40.8. The van der Waals surface area contributed by atoms with Crippen LogP contribution >= 0.6 is 11.3 Å². The summed E-state index contributed by atoms with van der Waals surface area (Å²) in [5, 5.41) is 1.39. The van der Waals surface area contributed by atoms with Gasteiger partial charge in [-0.3, -0.25) is 0 Å². The van der Waals surface area contributed by atoms with Gasteiger partial charge in [-0.2, -0.15) is 0 Å². The maximum Gasteiger partial charge on any atom is 0.264 e. The molecule has 4 heteroatoms. The number of fused-ring (bicyclic) bond motifs is 7. The van der Waals surface area contributed by atoms with Crippen molar-refractivity contribution in [2.24, 2.45) is 0 Å². The van der Waals surface area contributed by atoms with Crippen molar-refractivity contribution in [1.82, 2.24) is 0 Å².